The average molecular weight is 462 g/mol. The Labute approximate surface area is 196 Å². The molecule has 3 heterocycles. The highest BCUT2D eigenvalue weighted by Crippen LogP contribution is 2.45. The summed E-state index contributed by atoms with van der Waals surface area (Å²) in [6.45, 7) is 5.34. The molecular weight excluding hydrogens is 430 g/mol. The van der Waals surface area contributed by atoms with Crippen LogP contribution in [0, 0.1) is 13.8 Å². The Bertz CT molecular complexity index is 1350. The van der Waals surface area contributed by atoms with Crippen LogP contribution in [-0.4, -0.2) is 30.4 Å². The van der Waals surface area contributed by atoms with Gasteiger partial charge in [-0.2, -0.15) is 4.31 Å². The number of aryl methyl sites for hydroxylation is 3. The Morgan fingerprint density at radius 1 is 0.939 bits per heavy atom. The van der Waals surface area contributed by atoms with Gasteiger partial charge in [-0.25, -0.2) is 8.42 Å². The fraction of sp³-hybridized carbons (Fsp3) is 0.407. The molecule has 2 aromatic carbocycles. The van der Waals surface area contributed by atoms with Crippen molar-refractivity contribution in [2.45, 2.75) is 62.8 Å². The lowest BCUT2D eigenvalue weighted by Gasteiger charge is -2.46. The summed E-state index contributed by atoms with van der Waals surface area (Å²) in [7, 11) is -3.49. The fourth-order valence-corrected chi connectivity index (χ4v) is 7.50. The molecule has 0 unspecified atom stereocenters. The van der Waals surface area contributed by atoms with Gasteiger partial charge in [0, 0.05) is 25.0 Å². The summed E-state index contributed by atoms with van der Waals surface area (Å²) < 4.78 is 31.0. The zero-order chi connectivity index (χ0) is 22.8. The molecule has 1 saturated heterocycles. The van der Waals surface area contributed by atoms with Gasteiger partial charge in [-0.05, 0) is 105 Å². The Balaban J connectivity index is 1.29. The molecule has 0 saturated carbocycles. The standard InChI is InChI=1S/C27H31N3O2S/c1-19-9-12-24-26(20(19)2)30-15-5-8-25(30)27(28-24)13-16-29(17-14-27)33(31,32)23-11-10-21-6-3-4-7-22(21)18-23/h5,8-12,15,18,28H,3-4,6-7,13-14,16-17H2,1-2H3. The average Bonchev–Trinajstić information content (AvgIpc) is 3.33. The van der Waals surface area contributed by atoms with Crippen molar-refractivity contribution in [2.24, 2.45) is 0 Å². The van der Waals surface area contributed by atoms with Gasteiger partial charge in [0.05, 0.1) is 21.8 Å². The summed E-state index contributed by atoms with van der Waals surface area (Å²) in [6.07, 6.45) is 8.02. The molecule has 1 fully saturated rings. The maximum absolute atomic E-state index is 13.5. The molecule has 1 N–H and O–H groups in total. The number of sulfonamides is 1. The van der Waals surface area contributed by atoms with Crippen LogP contribution in [0.15, 0.2) is 53.6 Å². The van der Waals surface area contributed by atoms with Crippen molar-refractivity contribution in [2.75, 3.05) is 18.4 Å². The van der Waals surface area contributed by atoms with Crippen molar-refractivity contribution in [3.63, 3.8) is 0 Å². The quantitative estimate of drug-likeness (QED) is 0.579. The van der Waals surface area contributed by atoms with E-state index in [1.807, 2.05) is 18.2 Å². The molecular formula is C27H31N3O2S. The lowest BCUT2D eigenvalue weighted by molar-refractivity contribution is 0.247. The van der Waals surface area contributed by atoms with E-state index < -0.39 is 10.0 Å². The summed E-state index contributed by atoms with van der Waals surface area (Å²) in [5.41, 5.74) is 8.41. The van der Waals surface area contributed by atoms with Crippen LogP contribution < -0.4 is 5.32 Å². The maximum Gasteiger partial charge on any atom is 0.243 e. The number of piperidine rings is 1. The summed E-state index contributed by atoms with van der Waals surface area (Å²) in [5.74, 6) is 0. The number of fused-ring (bicyclic) bond motifs is 5. The SMILES string of the molecule is Cc1ccc2c(c1C)-n1cccc1C1(CCN(S(=O)(=O)c3ccc4c(c3)CCCC4)CC1)N2. The van der Waals surface area contributed by atoms with Crippen LogP contribution in [0.2, 0.25) is 0 Å². The molecule has 33 heavy (non-hydrogen) atoms. The van der Waals surface area contributed by atoms with E-state index in [2.05, 4.69) is 54.2 Å². The predicted octanol–water partition coefficient (Wildman–Crippen LogP) is 5.08. The number of nitrogens with zero attached hydrogens (tertiary/aromatic N) is 2. The molecule has 172 valence electrons. The van der Waals surface area contributed by atoms with Crippen LogP contribution >= 0.6 is 0 Å². The molecule has 6 heteroatoms. The number of hydrogen-bond donors (Lipinski definition) is 1. The number of hydrogen-bond acceptors (Lipinski definition) is 3. The molecule has 5 nitrogen and oxygen atoms in total. The third kappa shape index (κ3) is 3.18. The molecule has 0 amide bonds. The van der Waals surface area contributed by atoms with Crippen LogP contribution in [0.5, 0.6) is 0 Å². The lowest BCUT2D eigenvalue weighted by Crippen LogP contribution is -2.51. The molecule has 2 aliphatic heterocycles. The van der Waals surface area contributed by atoms with Gasteiger partial charge in [0.1, 0.15) is 0 Å². The second-order valence-electron chi connectivity index (χ2n) is 9.92. The lowest BCUT2D eigenvalue weighted by atomic mass is 9.82. The Hall–Kier alpha value is -2.57. The van der Waals surface area contributed by atoms with Crippen molar-refractivity contribution in [1.82, 2.24) is 8.87 Å². The van der Waals surface area contributed by atoms with Gasteiger partial charge >= 0.3 is 0 Å². The van der Waals surface area contributed by atoms with Gasteiger partial charge in [-0.15, -0.1) is 0 Å². The second kappa shape index (κ2) is 7.47. The first kappa shape index (κ1) is 21.0. The van der Waals surface area contributed by atoms with E-state index >= 15 is 0 Å². The van der Waals surface area contributed by atoms with Gasteiger partial charge in [0.15, 0.2) is 0 Å². The van der Waals surface area contributed by atoms with E-state index in [0.717, 1.165) is 37.8 Å². The Morgan fingerprint density at radius 3 is 2.48 bits per heavy atom. The number of anilines is 1. The first-order chi connectivity index (χ1) is 15.9. The molecule has 0 bridgehead atoms. The van der Waals surface area contributed by atoms with Crippen LogP contribution in [0.25, 0.3) is 5.69 Å². The molecule has 0 radical (unpaired) electrons. The molecule has 1 aliphatic carbocycles. The highest BCUT2D eigenvalue weighted by Gasteiger charge is 2.44. The minimum atomic E-state index is -3.49. The van der Waals surface area contributed by atoms with E-state index in [4.69, 9.17) is 0 Å². The maximum atomic E-state index is 13.5. The molecule has 1 spiro atoms. The summed E-state index contributed by atoms with van der Waals surface area (Å²) in [5, 5.41) is 3.83. The largest absolute Gasteiger partial charge is 0.372 e. The van der Waals surface area contributed by atoms with Crippen LogP contribution in [0.3, 0.4) is 0 Å². The first-order valence-electron chi connectivity index (χ1n) is 12.1. The first-order valence-corrected chi connectivity index (χ1v) is 13.5. The zero-order valence-electron chi connectivity index (χ0n) is 19.4. The minimum Gasteiger partial charge on any atom is -0.372 e. The molecule has 1 aromatic heterocycles. The molecule has 0 atom stereocenters. The molecule has 3 aromatic rings. The van der Waals surface area contributed by atoms with E-state index in [1.165, 1.54) is 40.1 Å². The van der Waals surface area contributed by atoms with Crippen LogP contribution in [0.1, 0.15) is 53.6 Å². The zero-order valence-corrected chi connectivity index (χ0v) is 20.2. The normalized spacial score (nSPS) is 19.5. The van der Waals surface area contributed by atoms with Crippen molar-refractivity contribution in [1.29, 1.82) is 0 Å². The van der Waals surface area contributed by atoms with Gasteiger partial charge in [0.25, 0.3) is 0 Å². The van der Waals surface area contributed by atoms with E-state index in [-0.39, 0.29) is 5.54 Å². The number of aromatic nitrogens is 1. The number of benzene rings is 2. The summed E-state index contributed by atoms with van der Waals surface area (Å²) >= 11 is 0. The Kier molecular flexibility index (Phi) is 4.75. The Morgan fingerprint density at radius 2 is 1.70 bits per heavy atom. The van der Waals surface area contributed by atoms with Crippen molar-refractivity contribution in [3.05, 3.63) is 76.6 Å². The second-order valence-corrected chi connectivity index (χ2v) is 11.9. The fourth-order valence-electron chi connectivity index (χ4n) is 6.01. The van der Waals surface area contributed by atoms with Crippen molar-refractivity contribution >= 4 is 15.7 Å². The number of rotatable bonds is 2. The summed E-state index contributed by atoms with van der Waals surface area (Å²) in [6, 6.07) is 14.4. The van der Waals surface area contributed by atoms with Crippen LogP contribution in [0.4, 0.5) is 5.69 Å². The van der Waals surface area contributed by atoms with E-state index in [9.17, 15) is 8.42 Å². The van der Waals surface area contributed by atoms with Gasteiger partial charge < -0.3 is 9.88 Å². The van der Waals surface area contributed by atoms with Gasteiger partial charge in [-0.1, -0.05) is 12.1 Å². The van der Waals surface area contributed by atoms with Crippen molar-refractivity contribution < 1.29 is 8.42 Å². The summed E-state index contributed by atoms with van der Waals surface area (Å²) in [4.78, 5) is 0.454. The monoisotopic (exact) mass is 461 g/mol. The minimum absolute atomic E-state index is 0.250. The molecule has 3 aliphatic rings. The van der Waals surface area contributed by atoms with Gasteiger partial charge in [0.2, 0.25) is 10.0 Å². The highest BCUT2D eigenvalue weighted by atomic mass is 32.2. The van der Waals surface area contributed by atoms with Crippen LogP contribution in [-0.2, 0) is 28.4 Å². The number of nitrogens with one attached hydrogen (secondary N) is 1. The topological polar surface area (TPSA) is 54.3 Å². The van der Waals surface area contributed by atoms with Crippen molar-refractivity contribution in [3.8, 4) is 5.69 Å². The van der Waals surface area contributed by atoms with E-state index in [1.54, 1.807) is 4.31 Å². The third-order valence-corrected chi connectivity index (χ3v) is 9.98. The predicted molar refractivity (Wildman–Crippen MR) is 132 cm³/mol. The highest BCUT2D eigenvalue weighted by molar-refractivity contribution is 7.89. The van der Waals surface area contributed by atoms with Gasteiger partial charge in [-0.3, -0.25) is 0 Å². The molecule has 6 rings (SSSR count). The van der Waals surface area contributed by atoms with E-state index in [0.29, 0.717) is 18.0 Å². The third-order valence-electron chi connectivity index (χ3n) is 8.09. The smallest absolute Gasteiger partial charge is 0.243 e.